The van der Waals surface area contributed by atoms with E-state index < -0.39 is 28.4 Å². The van der Waals surface area contributed by atoms with Crippen LogP contribution in [0, 0.1) is 5.92 Å². The molecule has 2 aromatic carbocycles. The molecule has 0 bridgehead atoms. The van der Waals surface area contributed by atoms with Gasteiger partial charge >= 0.3 is 0 Å². The van der Waals surface area contributed by atoms with Crippen molar-refractivity contribution >= 4 is 15.9 Å². The number of azo groups is 1. The number of halogens is 2. The molecule has 1 unspecified atom stereocenters. The molecule has 2 saturated heterocycles. The van der Waals surface area contributed by atoms with Crippen molar-refractivity contribution in [3.05, 3.63) is 53.1 Å². The van der Waals surface area contributed by atoms with Crippen molar-refractivity contribution in [3.8, 4) is 11.1 Å². The summed E-state index contributed by atoms with van der Waals surface area (Å²) in [4.78, 5) is 4.07. The summed E-state index contributed by atoms with van der Waals surface area (Å²) in [6.07, 6.45) is 2.24. The summed E-state index contributed by atoms with van der Waals surface area (Å²) in [7, 11) is -4.30. The summed E-state index contributed by atoms with van der Waals surface area (Å²) >= 11 is 0. The zero-order valence-corrected chi connectivity index (χ0v) is 20.7. The number of benzene rings is 2. The number of primary sulfonamides is 1. The standard InChI is InChI=1S/C25H30F2N6O2S/c26-25(27)14-30-12-9-20(25)13-19-5-6-21(22(23(19)36(28,34)35)24-31-15-32-33-24)18-3-1-16(2-4-18)17-7-10-29-11-8-17/h1-6,17,20,29-30H,7-15H2,(H2,28,34,35). The Morgan fingerprint density at radius 1 is 1.00 bits per heavy atom. The molecule has 0 radical (unpaired) electrons. The molecule has 5 rings (SSSR count). The highest BCUT2D eigenvalue weighted by Crippen LogP contribution is 2.38. The van der Waals surface area contributed by atoms with Crippen LogP contribution in [0.1, 0.15) is 41.9 Å². The van der Waals surface area contributed by atoms with E-state index in [4.69, 9.17) is 5.14 Å². The van der Waals surface area contributed by atoms with Gasteiger partial charge in [-0.05, 0) is 73.5 Å². The van der Waals surface area contributed by atoms with Crippen LogP contribution >= 0.6 is 0 Å². The van der Waals surface area contributed by atoms with E-state index in [0.717, 1.165) is 31.5 Å². The largest absolute Gasteiger partial charge is 0.317 e. The van der Waals surface area contributed by atoms with Crippen LogP contribution in [0.15, 0.2) is 56.5 Å². The van der Waals surface area contributed by atoms with Crippen LogP contribution < -0.4 is 15.8 Å². The van der Waals surface area contributed by atoms with Gasteiger partial charge in [0.1, 0.15) is 0 Å². The predicted octanol–water partition coefficient (Wildman–Crippen LogP) is 3.43. The monoisotopic (exact) mass is 516 g/mol. The summed E-state index contributed by atoms with van der Waals surface area (Å²) < 4.78 is 55.1. The van der Waals surface area contributed by atoms with Gasteiger partial charge in [-0.3, -0.25) is 0 Å². The van der Waals surface area contributed by atoms with Crippen LogP contribution in [0.3, 0.4) is 0 Å². The van der Waals surface area contributed by atoms with Gasteiger partial charge in [0.2, 0.25) is 10.0 Å². The van der Waals surface area contributed by atoms with E-state index in [0.29, 0.717) is 18.0 Å². The Balaban J connectivity index is 1.60. The first-order chi connectivity index (χ1) is 17.2. The molecule has 8 nitrogen and oxygen atoms in total. The molecule has 3 aliphatic rings. The van der Waals surface area contributed by atoms with Crippen LogP contribution in [0.25, 0.3) is 11.1 Å². The van der Waals surface area contributed by atoms with Gasteiger partial charge < -0.3 is 10.6 Å². The van der Waals surface area contributed by atoms with E-state index in [9.17, 15) is 17.2 Å². The van der Waals surface area contributed by atoms with Gasteiger partial charge in [0, 0.05) is 11.5 Å². The number of nitrogens with zero attached hydrogens (tertiary/aromatic N) is 3. The lowest BCUT2D eigenvalue weighted by molar-refractivity contribution is -0.0729. The molecule has 0 amide bonds. The highest BCUT2D eigenvalue weighted by molar-refractivity contribution is 7.89. The van der Waals surface area contributed by atoms with Crippen molar-refractivity contribution in [3.63, 3.8) is 0 Å². The van der Waals surface area contributed by atoms with E-state index in [1.165, 1.54) is 5.56 Å². The second-order valence-corrected chi connectivity index (χ2v) is 11.2. The minimum absolute atomic E-state index is 0.0735. The lowest BCUT2D eigenvalue weighted by Gasteiger charge is -2.32. The molecule has 36 heavy (non-hydrogen) atoms. The van der Waals surface area contributed by atoms with Crippen molar-refractivity contribution in [2.24, 2.45) is 26.3 Å². The quantitative estimate of drug-likeness (QED) is 0.545. The van der Waals surface area contributed by atoms with Gasteiger partial charge in [0.25, 0.3) is 5.92 Å². The fraction of sp³-hybridized carbons (Fsp3) is 0.480. The zero-order valence-electron chi connectivity index (χ0n) is 19.9. The van der Waals surface area contributed by atoms with Crippen molar-refractivity contribution in [1.29, 1.82) is 0 Å². The smallest absolute Gasteiger partial charge is 0.263 e. The van der Waals surface area contributed by atoms with E-state index in [1.807, 2.05) is 12.1 Å². The maximum Gasteiger partial charge on any atom is 0.263 e. The van der Waals surface area contributed by atoms with E-state index >= 15 is 0 Å². The summed E-state index contributed by atoms with van der Waals surface area (Å²) in [5.74, 6) is -3.34. The van der Waals surface area contributed by atoms with Gasteiger partial charge in [0.15, 0.2) is 12.5 Å². The zero-order chi connectivity index (χ0) is 25.3. The number of rotatable bonds is 6. The first kappa shape index (κ1) is 25.1. The molecule has 3 heterocycles. The topological polar surface area (TPSA) is 121 Å². The van der Waals surface area contributed by atoms with Gasteiger partial charge in [-0.1, -0.05) is 36.4 Å². The van der Waals surface area contributed by atoms with Crippen LogP contribution in [0.5, 0.6) is 0 Å². The Bertz CT molecular complexity index is 1290. The first-order valence-electron chi connectivity index (χ1n) is 12.2. The van der Waals surface area contributed by atoms with Crippen molar-refractivity contribution in [2.75, 3.05) is 32.8 Å². The van der Waals surface area contributed by atoms with Gasteiger partial charge in [-0.25, -0.2) is 27.3 Å². The van der Waals surface area contributed by atoms with Crippen molar-refractivity contribution in [1.82, 2.24) is 10.6 Å². The molecular weight excluding hydrogens is 486 g/mol. The minimum Gasteiger partial charge on any atom is -0.317 e. The average molecular weight is 517 g/mol. The molecule has 0 spiro atoms. The molecule has 0 aromatic heterocycles. The highest BCUT2D eigenvalue weighted by Gasteiger charge is 2.42. The van der Waals surface area contributed by atoms with Crippen molar-refractivity contribution in [2.45, 2.75) is 42.4 Å². The highest BCUT2D eigenvalue weighted by atomic mass is 32.2. The lowest BCUT2D eigenvalue weighted by atomic mass is 9.85. The normalized spacial score (nSPS) is 22.5. The predicted molar refractivity (Wildman–Crippen MR) is 134 cm³/mol. The molecule has 3 aliphatic heterocycles. The third-order valence-electron chi connectivity index (χ3n) is 7.32. The third kappa shape index (κ3) is 5.10. The molecule has 1 atom stereocenters. The molecule has 0 aliphatic carbocycles. The number of aliphatic imine (C=N–C) groups is 1. The number of sulfonamides is 1. The SMILES string of the molecule is NS(=O)(=O)c1c(CC2CCNCC2(F)F)ccc(-c2ccc(C3CCNCC3)cc2)c1C1=NCN=N1. The number of hydrogen-bond acceptors (Lipinski definition) is 7. The van der Waals surface area contributed by atoms with E-state index in [2.05, 4.69) is 38.0 Å². The first-order valence-corrected chi connectivity index (χ1v) is 13.8. The number of piperidine rings is 2. The number of hydrogen-bond donors (Lipinski definition) is 3. The molecule has 2 fully saturated rings. The molecule has 2 aromatic rings. The molecule has 0 saturated carbocycles. The minimum atomic E-state index is -4.30. The Morgan fingerprint density at radius 2 is 1.72 bits per heavy atom. The average Bonchev–Trinajstić information content (AvgIpc) is 3.40. The number of nitrogens with two attached hydrogens (primary N) is 1. The van der Waals surface area contributed by atoms with Gasteiger partial charge in [0.05, 0.1) is 11.4 Å². The van der Waals surface area contributed by atoms with E-state index in [-0.39, 0.29) is 41.4 Å². The number of nitrogens with one attached hydrogen (secondary N) is 2. The summed E-state index contributed by atoms with van der Waals surface area (Å²) in [5.41, 5.74) is 3.06. The second-order valence-electron chi connectivity index (χ2n) is 9.66. The Hall–Kier alpha value is -2.60. The maximum atomic E-state index is 14.6. The Labute approximate surface area is 209 Å². The Morgan fingerprint density at radius 3 is 2.36 bits per heavy atom. The van der Waals surface area contributed by atoms with E-state index in [1.54, 1.807) is 12.1 Å². The lowest BCUT2D eigenvalue weighted by Crippen LogP contribution is -2.46. The van der Waals surface area contributed by atoms with Crippen LogP contribution in [-0.4, -0.2) is 53.0 Å². The third-order valence-corrected chi connectivity index (χ3v) is 8.36. The second kappa shape index (κ2) is 10.0. The fourth-order valence-corrected chi connectivity index (χ4v) is 6.43. The maximum absolute atomic E-state index is 14.6. The number of alkyl halides is 2. The summed E-state index contributed by atoms with van der Waals surface area (Å²) in [6.45, 7) is 2.05. The van der Waals surface area contributed by atoms with Crippen LogP contribution in [0.4, 0.5) is 8.78 Å². The molecule has 11 heteroatoms. The summed E-state index contributed by atoms with van der Waals surface area (Å²) in [6, 6.07) is 11.4. The molecule has 192 valence electrons. The molecule has 4 N–H and O–H groups in total. The summed E-state index contributed by atoms with van der Waals surface area (Å²) in [5, 5.41) is 19.7. The van der Waals surface area contributed by atoms with Crippen LogP contribution in [-0.2, 0) is 16.4 Å². The van der Waals surface area contributed by atoms with Crippen molar-refractivity contribution < 1.29 is 17.2 Å². The molecular formula is C25H30F2N6O2S. The van der Waals surface area contributed by atoms with Crippen LogP contribution in [0.2, 0.25) is 0 Å². The number of amidine groups is 1. The van der Waals surface area contributed by atoms with Gasteiger partial charge in [-0.2, -0.15) is 5.11 Å². The fourth-order valence-electron chi connectivity index (χ4n) is 5.43. The Kier molecular flexibility index (Phi) is 6.99. The van der Waals surface area contributed by atoms with Gasteiger partial charge in [-0.15, -0.1) is 5.11 Å².